The normalized spacial score (nSPS) is 13.8. The molecule has 5 rings (SSSR count). The molecule has 4 heterocycles. The number of nitrogens with zero attached hydrogens (tertiary/aromatic N) is 6. The molecule has 1 fully saturated rings. The van der Waals surface area contributed by atoms with Crippen molar-refractivity contribution in [1.29, 1.82) is 0 Å². The van der Waals surface area contributed by atoms with E-state index in [9.17, 15) is 31.1 Å². The van der Waals surface area contributed by atoms with Gasteiger partial charge in [-0.25, -0.2) is 4.79 Å². The summed E-state index contributed by atoms with van der Waals surface area (Å²) in [4.78, 5) is 17.9. The van der Waals surface area contributed by atoms with Crippen molar-refractivity contribution < 1.29 is 53.0 Å². The van der Waals surface area contributed by atoms with Gasteiger partial charge in [-0.2, -0.15) is 26.3 Å². The van der Waals surface area contributed by atoms with Crippen molar-refractivity contribution in [2.75, 3.05) is 18.4 Å². The number of amides is 1. The maximum atomic E-state index is 13.7. The van der Waals surface area contributed by atoms with Crippen LogP contribution in [0.1, 0.15) is 24.0 Å². The first-order chi connectivity index (χ1) is 18.5. The van der Waals surface area contributed by atoms with Crippen LogP contribution >= 0.6 is 0 Å². The second kappa shape index (κ2) is 11.2. The molecule has 3 aromatic heterocycles. The number of anilines is 2. The molecule has 16 heteroatoms. The van der Waals surface area contributed by atoms with Gasteiger partial charge in [0.1, 0.15) is 0 Å². The van der Waals surface area contributed by atoms with Crippen LogP contribution in [0.4, 0.5) is 42.8 Å². The van der Waals surface area contributed by atoms with Crippen molar-refractivity contribution >= 4 is 23.4 Å². The Morgan fingerprint density at radius 1 is 1.00 bits per heavy atom. The number of hydrogen-bond donors (Lipinski definition) is 1. The summed E-state index contributed by atoms with van der Waals surface area (Å²) >= 11 is 0. The maximum absolute atomic E-state index is 13.7. The molecule has 0 saturated carbocycles. The first kappa shape index (κ1) is 28.9. The second-order valence-electron chi connectivity index (χ2n) is 8.69. The zero-order valence-electron chi connectivity index (χ0n) is 20.4. The van der Waals surface area contributed by atoms with Crippen LogP contribution in [0.2, 0.25) is 0 Å². The average molecular weight is 588 g/mol. The van der Waals surface area contributed by atoms with Gasteiger partial charge in [-0.15, -0.1) is 10.2 Å². The number of nitrogens with one attached hydrogen (secondary N) is 1. The number of carbonyl (C=O) groups is 1. The Labute approximate surface area is 228 Å². The first-order valence-electron chi connectivity index (χ1n) is 11.7. The van der Waals surface area contributed by atoms with Crippen LogP contribution in [0.3, 0.4) is 0 Å². The third-order valence-electron chi connectivity index (χ3n) is 6.03. The number of fused-ring (bicyclic) bond motifs is 1. The Hall–Kier alpha value is -4.14. The van der Waals surface area contributed by atoms with Gasteiger partial charge in [0.25, 0.3) is 5.95 Å². The Bertz CT molecular complexity index is 1500. The summed E-state index contributed by atoms with van der Waals surface area (Å²) < 4.78 is 87.9. The first-order valence-corrected chi connectivity index (χ1v) is 11.7. The van der Waals surface area contributed by atoms with Crippen molar-refractivity contribution in [3.63, 3.8) is 0 Å². The maximum Gasteiger partial charge on any atom is 0.418 e. The molecule has 1 N–H and O–H groups in total. The summed E-state index contributed by atoms with van der Waals surface area (Å²) in [7, 11) is 0. The number of alkyl halides is 6. The second-order valence-corrected chi connectivity index (χ2v) is 8.69. The molecule has 9 nitrogen and oxygen atoms in total. The lowest BCUT2D eigenvalue weighted by atomic mass is 10.1. The quantitative estimate of drug-likeness (QED) is 0.284. The minimum Gasteiger partial charge on any atom is -1.00 e. The van der Waals surface area contributed by atoms with Gasteiger partial charge < -0.3 is 27.4 Å². The molecular formula is C24H20ClF6N7O2. The van der Waals surface area contributed by atoms with Crippen LogP contribution in [0.5, 0.6) is 0 Å². The highest BCUT2D eigenvalue weighted by Gasteiger charge is 2.35. The number of pyridine rings is 1. The lowest BCUT2D eigenvalue weighted by Gasteiger charge is -2.14. The van der Waals surface area contributed by atoms with Gasteiger partial charge in [0.15, 0.2) is 0 Å². The predicted octanol–water partition coefficient (Wildman–Crippen LogP) is 2.05. The topological polar surface area (TPSA) is 88.5 Å². The van der Waals surface area contributed by atoms with Crippen LogP contribution in [0.25, 0.3) is 16.9 Å². The van der Waals surface area contributed by atoms with Gasteiger partial charge >= 0.3 is 25.2 Å². The van der Waals surface area contributed by atoms with Crippen molar-refractivity contribution in [2.45, 2.75) is 31.9 Å². The molecule has 1 amide bonds. The van der Waals surface area contributed by atoms with Gasteiger partial charge in [0.2, 0.25) is 11.8 Å². The fourth-order valence-corrected chi connectivity index (χ4v) is 4.18. The van der Waals surface area contributed by atoms with Crippen LogP contribution < -0.4 is 22.4 Å². The smallest absolute Gasteiger partial charge is 0.418 e. The number of benzene rings is 1. The van der Waals surface area contributed by atoms with E-state index in [0.29, 0.717) is 13.1 Å². The largest absolute Gasteiger partial charge is 1.00 e. The molecule has 0 radical (unpaired) electrons. The summed E-state index contributed by atoms with van der Waals surface area (Å²) in [5, 5.41) is 10.8. The molecule has 212 valence electrons. The van der Waals surface area contributed by atoms with Gasteiger partial charge in [-0.1, -0.05) is 9.20 Å². The monoisotopic (exact) mass is 587 g/mol. The summed E-state index contributed by atoms with van der Waals surface area (Å²) in [6.07, 6.45) is -5.64. The SMILES string of the molecule is O=C(OC[n+]1cc(-c2ncccc2C(F)(F)F)cc2nnc(Nc3ccc(C(F)(F)F)cc3)n21)N1CCCC1.[Cl-]. The van der Waals surface area contributed by atoms with Crippen molar-refractivity contribution in [2.24, 2.45) is 0 Å². The summed E-state index contributed by atoms with van der Waals surface area (Å²) in [6.45, 7) is 0.623. The summed E-state index contributed by atoms with van der Waals surface area (Å²) in [5.74, 6) is 0.0191. The summed E-state index contributed by atoms with van der Waals surface area (Å²) in [6, 6.07) is 7.54. The van der Waals surface area contributed by atoms with Gasteiger partial charge in [0.05, 0.1) is 22.4 Å². The fourth-order valence-electron chi connectivity index (χ4n) is 4.18. The van der Waals surface area contributed by atoms with E-state index < -0.39 is 36.3 Å². The van der Waals surface area contributed by atoms with E-state index in [4.69, 9.17) is 4.74 Å². The molecular weight excluding hydrogens is 568 g/mol. The molecule has 1 saturated heterocycles. The van der Waals surface area contributed by atoms with E-state index in [1.165, 1.54) is 50.8 Å². The number of halogens is 7. The number of hydrogen-bond acceptors (Lipinski definition) is 6. The Morgan fingerprint density at radius 2 is 1.70 bits per heavy atom. The molecule has 0 aliphatic carbocycles. The molecule has 0 atom stereocenters. The molecule has 1 aromatic carbocycles. The van der Waals surface area contributed by atoms with Gasteiger partial charge in [-0.3, -0.25) is 4.98 Å². The third-order valence-corrected chi connectivity index (χ3v) is 6.03. The molecule has 0 unspecified atom stereocenters. The highest BCUT2D eigenvalue weighted by molar-refractivity contribution is 5.68. The van der Waals surface area contributed by atoms with E-state index in [1.807, 2.05) is 0 Å². The Morgan fingerprint density at radius 3 is 2.35 bits per heavy atom. The van der Waals surface area contributed by atoms with Crippen LogP contribution in [-0.4, -0.2) is 43.8 Å². The lowest BCUT2D eigenvalue weighted by Crippen LogP contribution is -3.00. The summed E-state index contributed by atoms with van der Waals surface area (Å²) in [5.41, 5.74) is -1.85. The number of likely N-dealkylation sites (tertiary alicyclic amines) is 1. The predicted molar refractivity (Wildman–Crippen MR) is 123 cm³/mol. The van der Waals surface area contributed by atoms with Crippen molar-refractivity contribution in [1.82, 2.24) is 24.6 Å². The van der Waals surface area contributed by atoms with Crippen LogP contribution in [-0.2, 0) is 23.8 Å². The van der Waals surface area contributed by atoms with Crippen molar-refractivity contribution in [3.8, 4) is 11.3 Å². The van der Waals surface area contributed by atoms with E-state index >= 15 is 0 Å². The fraction of sp³-hybridized carbons (Fsp3) is 0.292. The molecule has 1 aliphatic rings. The zero-order valence-corrected chi connectivity index (χ0v) is 21.1. The van der Waals surface area contributed by atoms with Gasteiger partial charge in [-0.05, 0) is 49.2 Å². The number of aromatic nitrogens is 5. The average Bonchev–Trinajstić information content (AvgIpc) is 3.57. The number of carbonyl (C=O) groups excluding carboxylic acids is 1. The van der Waals surface area contributed by atoms with E-state index in [1.54, 1.807) is 0 Å². The highest BCUT2D eigenvalue weighted by Crippen LogP contribution is 2.36. The molecule has 0 bridgehead atoms. The lowest BCUT2D eigenvalue weighted by molar-refractivity contribution is -0.788. The van der Waals surface area contributed by atoms with E-state index in [-0.39, 0.29) is 40.9 Å². The zero-order chi connectivity index (χ0) is 27.8. The standard InChI is InChI=1S/C24H19F6N7O2.ClH/c25-23(26,27)16-5-7-17(8-6-16)32-21-34-33-19-12-15(20-18(24(28,29)30)4-3-9-31-20)13-36(37(19)21)14-39-22(38)35-10-1-2-11-35;/h3-9,12-13H,1-2,10-11,14H2;1H. The Balaban J connectivity index is 0.00000370. The van der Waals surface area contributed by atoms with E-state index in [2.05, 4.69) is 20.5 Å². The van der Waals surface area contributed by atoms with Crippen LogP contribution in [0.15, 0.2) is 54.9 Å². The van der Waals surface area contributed by atoms with E-state index in [0.717, 1.165) is 31.0 Å². The highest BCUT2D eigenvalue weighted by atomic mass is 35.5. The number of rotatable bonds is 5. The third kappa shape index (κ3) is 6.03. The van der Waals surface area contributed by atoms with Crippen molar-refractivity contribution in [3.05, 3.63) is 66.0 Å². The number of ether oxygens (including phenoxy) is 1. The minimum absolute atomic E-state index is 0. The molecule has 4 aromatic rings. The molecule has 0 spiro atoms. The Kier molecular flexibility index (Phi) is 8.05. The molecule has 1 aliphatic heterocycles. The van der Waals surface area contributed by atoms with Gasteiger partial charge in [0, 0.05) is 31.0 Å². The minimum atomic E-state index is -4.69. The molecule has 40 heavy (non-hydrogen) atoms. The van der Waals surface area contributed by atoms with Crippen LogP contribution in [0, 0.1) is 0 Å².